The fraction of sp³-hybridized carbons (Fsp3) is 0.118. The molecule has 84 heavy (non-hydrogen) atoms. The number of hydrogen-bond acceptors (Lipinski definition) is 14. The number of rotatable bonds is 21. The number of thioether (sulfide) groups is 2. The summed E-state index contributed by atoms with van der Waals surface area (Å²) in [4.78, 5) is 62.5. The lowest BCUT2D eigenvalue weighted by Crippen LogP contribution is -2.71. The molecule has 1 fully saturated rings. The third kappa shape index (κ3) is 11.2. The maximum absolute atomic E-state index is 15.0. The number of fused-ring (bicyclic) bond motifs is 1. The minimum atomic E-state index is -1.03. The smallest absolute Gasteiger partial charge is 0.356 e. The number of hydrogen-bond donors (Lipinski definition) is 3. The number of amides is 2. The Labute approximate surface area is 503 Å². The first-order valence-corrected chi connectivity index (χ1v) is 31.2. The molecule has 12 rings (SSSR count). The Morgan fingerprint density at radius 2 is 1.00 bits per heavy atom. The number of oxime groups is 1. The van der Waals surface area contributed by atoms with Gasteiger partial charge in [0.05, 0.1) is 5.69 Å². The maximum atomic E-state index is 15.0. The number of β-lactam (4-membered cyclic amide) rings is 1. The number of ether oxygens (including phenoxy) is 1. The highest BCUT2D eigenvalue weighted by atomic mass is 32.2. The second kappa shape index (κ2) is 25.2. The molecular weight excluding hydrogens is 1120 g/mol. The van der Waals surface area contributed by atoms with Crippen LogP contribution >= 0.6 is 46.2 Å². The van der Waals surface area contributed by atoms with E-state index in [1.54, 1.807) is 5.38 Å². The van der Waals surface area contributed by atoms with Crippen LogP contribution in [0.5, 0.6) is 0 Å². The van der Waals surface area contributed by atoms with Crippen molar-refractivity contribution in [2.75, 3.05) is 22.6 Å². The minimum absolute atomic E-state index is 0.104. The van der Waals surface area contributed by atoms with Crippen LogP contribution in [0, 0.1) is 0 Å². The van der Waals surface area contributed by atoms with Crippen molar-refractivity contribution in [2.45, 2.75) is 35.2 Å². The van der Waals surface area contributed by atoms with Gasteiger partial charge in [0.25, 0.3) is 11.8 Å². The van der Waals surface area contributed by atoms with Gasteiger partial charge in [0.15, 0.2) is 28.7 Å². The molecule has 4 heterocycles. The van der Waals surface area contributed by atoms with E-state index in [-0.39, 0.29) is 23.7 Å². The normalized spacial score (nSPS) is 15.2. The van der Waals surface area contributed by atoms with Crippen molar-refractivity contribution in [3.05, 3.63) is 320 Å². The van der Waals surface area contributed by atoms with E-state index in [9.17, 15) is 9.59 Å². The Morgan fingerprint density at radius 1 is 0.595 bits per heavy atom. The number of benzene rings is 8. The van der Waals surface area contributed by atoms with Crippen molar-refractivity contribution in [1.82, 2.24) is 20.2 Å². The molecule has 2 atom stereocenters. The van der Waals surface area contributed by atoms with Gasteiger partial charge in [-0.15, -0.1) is 46.2 Å². The molecule has 12 nitrogen and oxygen atoms in total. The van der Waals surface area contributed by atoms with Gasteiger partial charge in [-0.3, -0.25) is 14.5 Å². The van der Waals surface area contributed by atoms with Crippen LogP contribution in [0.15, 0.2) is 269 Å². The van der Waals surface area contributed by atoms with Crippen molar-refractivity contribution < 1.29 is 24.0 Å². The lowest BCUT2D eigenvalue weighted by molar-refractivity contribution is -0.154. The van der Waals surface area contributed by atoms with E-state index in [1.165, 1.54) is 51.1 Å². The molecule has 3 N–H and O–H groups in total. The van der Waals surface area contributed by atoms with Crippen molar-refractivity contribution in [3.63, 3.8) is 0 Å². The van der Waals surface area contributed by atoms with Gasteiger partial charge in [-0.2, -0.15) is 0 Å². The number of carbonyl (C=O) groups excluding carboxylic acids is 3. The fourth-order valence-corrected chi connectivity index (χ4v) is 14.6. The second-order valence-corrected chi connectivity index (χ2v) is 23.5. The number of carbonyl (C=O) groups is 3. The zero-order valence-corrected chi connectivity index (χ0v) is 48.6. The molecule has 16 heteroatoms. The zero-order valence-electron chi connectivity index (χ0n) is 45.4. The molecule has 416 valence electrons. The molecule has 1 unspecified atom stereocenters. The Hall–Kier alpha value is -9.06. The van der Waals surface area contributed by atoms with Gasteiger partial charge in [-0.1, -0.05) is 248 Å². The minimum Gasteiger partial charge on any atom is -0.448 e. The number of aromatic nitrogens is 2. The number of nitrogens with one attached hydrogen (secondary N) is 3. The van der Waals surface area contributed by atoms with Gasteiger partial charge in [0, 0.05) is 21.4 Å². The molecular formula is C68H55N7O5S4. The first-order valence-electron chi connectivity index (χ1n) is 27.2. The van der Waals surface area contributed by atoms with Crippen LogP contribution in [-0.4, -0.2) is 61.8 Å². The summed E-state index contributed by atoms with van der Waals surface area (Å²) in [5, 5.41) is 19.3. The van der Waals surface area contributed by atoms with Crippen LogP contribution in [0.3, 0.4) is 0 Å². The molecule has 1 saturated heterocycles. The average Bonchev–Trinajstić information content (AvgIpc) is 2.72. The van der Waals surface area contributed by atoms with Crippen LogP contribution in [0.1, 0.15) is 62.0 Å². The predicted molar refractivity (Wildman–Crippen MR) is 338 cm³/mol. The Bertz CT molecular complexity index is 3700. The molecule has 0 bridgehead atoms. The Morgan fingerprint density at radius 3 is 1.43 bits per heavy atom. The third-order valence-corrected chi connectivity index (χ3v) is 18.7. The van der Waals surface area contributed by atoms with Crippen molar-refractivity contribution >= 4 is 80.0 Å². The van der Waals surface area contributed by atoms with Crippen molar-refractivity contribution in [3.8, 4) is 0 Å². The number of thiazole rings is 2. The summed E-state index contributed by atoms with van der Waals surface area (Å²) in [7, 11) is 0. The molecule has 0 spiro atoms. The summed E-state index contributed by atoms with van der Waals surface area (Å²) in [5.74, 6) is -1.38. The van der Waals surface area contributed by atoms with Crippen LogP contribution in [0.2, 0.25) is 0 Å². The quantitative estimate of drug-likeness (QED) is 0.0208. The van der Waals surface area contributed by atoms with Gasteiger partial charge in [0.2, 0.25) is 0 Å². The predicted octanol–water partition coefficient (Wildman–Crippen LogP) is 13.6. The number of esters is 1. The van der Waals surface area contributed by atoms with E-state index < -0.39 is 46.4 Å². The average molecular weight is 1180 g/mol. The largest absolute Gasteiger partial charge is 0.448 e. The first-order chi connectivity index (χ1) is 41.3. The fourth-order valence-electron chi connectivity index (χ4n) is 10.8. The monoisotopic (exact) mass is 1180 g/mol. The lowest BCUT2D eigenvalue weighted by atomic mass is 9.77. The highest BCUT2D eigenvalue weighted by Crippen LogP contribution is 2.46. The first kappa shape index (κ1) is 55.5. The van der Waals surface area contributed by atoms with E-state index in [2.05, 4.69) is 93.9 Å². The maximum Gasteiger partial charge on any atom is 0.356 e. The highest BCUT2D eigenvalue weighted by molar-refractivity contribution is 8.05. The van der Waals surface area contributed by atoms with Gasteiger partial charge in [0.1, 0.15) is 33.9 Å². The molecule has 2 aliphatic rings. The molecule has 2 amide bonds. The second-order valence-electron chi connectivity index (χ2n) is 19.8. The van der Waals surface area contributed by atoms with Crippen molar-refractivity contribution in [2.24, 2.45) is 5.16 Å². The molecule has 2 aromatic heterocycles. The molecule has 0 aliphatic carbocycles. The molecule has 0 saturated carbocycles. The summed E-state index contributed by atoms with van der Waals surface area (Å²) in [5.41, 5.74) is 6.60. The van der Waals surface area contributed by atoms with E-state index >= 15 is 4.79 Å². The van der Waals surface area contributed by atoms with E-state index in [0.717, 1.165) is 44.5 Å². The third-order valence-electron chi connectivity index (χ3n) is 14.8. The number of anilines is 2. The highest BCUT2D eigenvalue weighted by Gasteiger charge is 2.55. The lowest BCUT2D eigenvalue weighted by Gasteiger charge is -2.49. The standard InChI is InChI=1S/C68H55N7O5S4/c1-81-56-45-82-63-58(62(77)75(63)59(56)64(78)80-60(46-26-10-2-11-27-46)47-28-12-3-13-29-47)71-61(76)57(55-44-84-66(70-55)73-68(51-36-20-7-21-37-51,52-38-22-8-23-39-52)53-40-24-9-25-41-53)74-79-42-54-43-83-65(69-54)72-67(48-30-14-4-15-31-48,49-32-16-5-17-33-49)50-34-18-6-19-35-50/h2-41,43-44,58,60,63H,42,45H2,1H3,(H,69,72)(H,70,73)(H,71,76)/t58?,63-/m0/s1. The summed E-state index contributed by atoms with van der Waals surface area (Å²) >= 11 is 5.58. The van der Waals surface area contributed by atoms with E-state index in [4.69, 9.17) is 19.5 Å². The molecule has 0 radical (unpaired) electrons. The van der Waals surface area contributed by atoms with Gasteiger partial charge >= 0.3 is 5.97 Å². The topological polar surface area (TPSA) is 147 Å². The number of nitrogens with zero attached hydrogens (tertiary/aromatic N) is 4. The Kier molecular flexibility index (Phi) is 16.6. The van der Waals surface area contributed by atoms with Crippen LogP contribution < -0.4 is 16.0 Å². The summed E-state index contributed by atoms with van der Waals surface area (Å²) in [6.45, 7) is -0.104. The summed E-state index contributed by atoms with van der Waals surface area (Å²) in [6.07, 6.45) is 1.14. The zero-order chi connectivity index (χ0) is 57.3. The van der Waals surface area contributed by atoms with E-state index in [0.29, 0.717) is 26.6 Å². The molecule has 2 aliphatic heterocycles. The Balaban J connectivity index is 0.855. The van der Waals surface area contributed by atoms with Gasteiger partial charge in [-0.25, -0.2) is 14.8 Å². The molecule has 10 aromatic rings. The SMILES string of the molecule is CSC1=C(C(=O)OC(c2ccccc2)c2ccccc2)N2C(=O)C(NC(=O)C(=NOCc3csc(NC(c4ccccc4)(c4ccccc4)c4ccccc4)n3)c3csc(NC(c4ccccc4)(c4ccccc4)c4ccccc4)n3)[C@@H]2SC1. The van der Waals surface area contributed by atoms with Crippen LogP contribution in [0.4, 0.5) is 10.3 Å². The summed E-state index contributed by atoms with van der Waals surface area (Å²) < 4.78 is 6.34. The van der Waals surface area contributed by atoms with Crippen LogP contribution in [-0.2, 0) is 41.6 Å². The van der Waals surface area contributed by atoms with Gasteiger partial charge in [-0.05, 0) is 50.8 Å². The van der Waals surface area contributed by atoms with Gasteiger partial charge < -0.3 is 25.5 Å². The molecule has 8 aromatic carbocycles. The van der Waals surface area contributed by atoms with Crippen LogP contribution in [0.25, 0.3) is 0 Å². The van der Waals surface area contributed by atoms with E-state index in [1.807, 2.05) is 181 Å². The summed E-state index contributed by atoms with van der Waals surface area (Å²) in [6, 6.07) is 79.3. The van der Waals surface area contributed by atoms with Crippen molar-refractivity contribution in [1.29, 1.82) is 0 Å².